The lowest BCUT2D eigenvalue weighted by molar-refractivity contribution is -0.154. The first-order valence-electron chi connectivity index (χ1n) is 15.2. The number of aromatic nitrogens is 2. The van der Waals surface area contributed by atoms with Crippen LogP contribution < -0.4 is 0 Å². The summed E-state index contributed by atoms with van der Waals surface area (Å²) in [6.45, 7) is 11.3. The minimum absolute atomic E-state index is 0.00417. The van der Waals surface area contributed by atoms with Crippen molar-refractivity contribution in [1.29, 1.82) is 0 Å². The zero-order valence-corrected chi connectivity index (χ0v) is 28.1. The Morgan fingerprint density at radius 1 is 1.20 bits per heavy atom. The average Bonchev–Trinajstić information content (AvgIpc) is 3.35. The number of cyclic esters (lactones) is 1. The van der Waals surface area contributed by atoms with Gasteiger partial charge < -0.3 is 20.1 Å². The highest BCUT2D eigenvalue weighted by molar-refractivity contribution is 7.19. The Labute approximate surface area is 268 Å². The molecule has 2 saturated heterocycles. The van der Waals surface area contributed by atoms with Gasteiger partial charge in [-0.05, 0) is 45.3 Å². The van der Waals surface area contributed by atoms with Crippen molar-refractivity contribution in [3.8, 4) is 22.4 Å². The zero-order chi connectivity index (χ0) is 32.4. The first-order chi connectivity index (χ1) is 20.7. The van der Waals surface area contributed by atoms with E-state index in [9.17, 15) is 24.9 Å². The number of rotatable bonds is 5. The molecule has 44 heavy (non-hydrogen) atoms. The van der Waals surface area contributed by atoms with E-state index in [-0.39, 0.29) is 30.4 Å². The molecule has 0 aromatic carbocycles. The summed E-state index contributed by atoms with van der Waals surface area (Å²) in [7, 11) is 0. The topological polar surface area (TPSA) is 133 Å². The monoisotopic (exact) mass is 643 g/mol. The summed E-state index contributed by atoms with van der Waals surface area (Å²) in [5.74, 6) is 0.351. The molecule has 4 heterocycles. The summed E-state index contributed by atoms with van der Waals surface area (Å²) in [4.78, 5) is 38.3. The number of terminal acetylenes is 1. The number of thiazole rings is 2. The van der Waals surface area contributed by atoms with Gasteiger partial charge in [-0.2, -0.15) is 0 Å². The number of Topliss-reactive ketones (excluding diaryl/α,β-unsaturated/α-hetero) is 1. The van der Waals surface area contributed by atoms with Crippen LogP contribution >= 0.6 is 22.7 Å². The molecule has 4 rings (SSSR count). The number of β-amino-alcohol motifs (C(OH)–C–C–N with tert-alkyl or cyclic N) is 1. The van der Waals surface area contributed by atoms with Crippen LogP contribution in [0.3, 0.4) is 0 Å². The molecule has 11 heteroatoms. The van der Waals surface area contributed by atoms with Gasteiger partial charge in [-0.3, -0.25) is 14.5 Å². The fraction of sp³-hybridized carbons (Fsp3) is 0.636. The van der Waals surface area contributed by atoms with Gasteiger partial charge in [0.2, 0.25) is 0 Å². The van der Waals surface area contributed by atoms with Crippen LogP contribution in [0.2, 0.25) is 0 Å². The number of carbonyl (C=O) groups excluding carboxylic acids is 2. The highest BCUT2D eigenvalue weighted by atomic mass is 32.1. The average molecular weight is 644 g/mol. The molecule has 0 saturated carbocycles. The summed E-state index contributed by atoms with van der Waals surface area (Å²) >= 11 is 3.04. The summed E-state index contributed by atoms with van der Waals surface area (Å²) in [5.41, 5.74) is 0.921. The van der Waals surface area contributed by atoms with Crippen molar-refractivity contribution in [1.82, 2.24) is 14.9 Å². The van der Waals surface area contributed by atoms with E-state index >= 15 is 0 Å². The standard InChI is InChI=1S/C33H45N3O6S2/c1-8-22-10-9-11-33(7)25(36(33)12-13-37)15-24(19(2)14-23-18-44-31(35-23)30-34-20(3)17-43-30)42-27(39)16-26(38)32(5,6)29(41)21(4)28(22)40/h1,14,17-18,21-22,24-26,28,37-38,40H,9-13,15-16H2,2-7H3/b19-14+/t21-,22+,24+,25+,26+,28-,33-,36?/m1/s1. The van der Waals surface area contributed by atoms with E-state index in [2.05, 4.69) is 22.7 Å². The van der Waals surface area contributed by atoms with Crippen LogP contribution in [0, 0.1) is 36.5 Å². The van der Waals surface area contributed by atoms with Crippen molar-refractivity contribution in [2.75, 3.05) is 13.2 Å². The van der Waals surface area contributed by atoms with E-state index in [1.54, 1.807) is 32.1 Å². The Hall–Kier alpha value is -2.46. The maximum atomic E-state index is 13.5. The third kappa shape index (κ3) is 7.33. The number of fused-ring (bicyclic) bond motifs is 1. The Balaban J connectivity index is 1.64. The second-order valence-electron chi connectivity index (χ2n) is 13.0. The largest absolute Gasteiger partial charge is 0.458 e. The van der Waals surface area contributed by atoms with E-state index in [0.29, 0.717) is 25.8 Å². The second-order valence-corrected chi connectivity index (χ2v) is 14.7. The summed E-state index contributed by atoms with van der Waals surface area (Å²) < 4.78 is 6.05. The predicted octanol–water partition coefficient (Wildman–Crippen LogP) is 4.49. The second kappa shape index (κ2) is 13.9. The summed E-state index contributed by atoms with van der Waals surface area (Å²) in [6, 6.07) is 0.0315. The van der Waals surface area contributed by atoms with Gasteiger partial charge in [-0.25, -0.2) is 9.97 Å². The van der Waals surface area contributed by atoms with E-state index in [1.807, 2.05) is 30.7 Å². The molecule has 2 aliphatic rings. The van der Waals surface area contributed by atoms with Crippen molar-refractivity contribution < 1.29 is 29.6 Å². The Bertz CT molecular complexity index is 1410. The van der Waals surface area contributed by atoms with Crippen LogP contribution in [0.25, 0.3) is 16.1 Å². The fourth-order valence-electron chi connectivity index (χ4n) is 6.46. The number of ketones is 1. The number of aliphatic hydroxyl groups is 3. The van der Waals surface area contributed by atoms with Crippen molar-refractivity contribution in [2.45, 2.75) is 104 Å². The molecule has 9 nitrogen and oxygen atoms in total. The molecular formula is C33H45N3O6S2. The van der Waals surface area contributed by atoms with E-state index < -0.39 is 41.5 Å². The lowest BCUT2D eigenvalue weighted by Gasteiger charge is -2.34. The van der Waals surface area contributed by atoms with Crippen molar-refractivity contribution >= 4 is 40.5 Å². The van der Waals surface area contributed by atoms with Crippen LogP contribution in [0.4, 0.5) is 0 Å². The minimum Gasteiger partial charge on any atom is -0.458 e. The van der Waals surface area contributed by atoms with Gasteiger partial charge in [-0.1, -0.05) is 27.2 Å². The van der Waals surface area contributed by atoms with Crippen LogP contribution in [-0.2, 0) is 14.3 Å². The molecule has 2 fully saturated rings. The van der Waals surface area contributed by atoms with E-state index in [0.717, 1.165) is 33.4 Å². The molecule has 2 aliphatic heterocycles. The lowest BCUT2D eigenvalue weighted by atomic mass is 9.72. The maximum Gasteiger partial charge on any atom is 0.309 e. The molecule has 240 valence electrons. The van der Waals surface area contributed by atoms with Crippen molar-refractivity contribution in [3.63, 3.8) is 0 Å². The number of carbonyl (C=O) groups is 2. The molecule has 0 aliphatic carbocycles. The molecule has 0 bridgehead atoms. The Morgan fingerprint density at radius 3 is 2.52 bits per heavy atom. The molecular weight excluding hydrogens is 599 g/mol. The molecule has 3 N–H and O–H groups in total. The minimum atomic E-state index is -1.32. The number of nitrogens with zero attached hydrogens (tertiary/aromatic N) is 3. The first kappa shape index (κ1) is 34.4. The highest BCUT2D eigenvalue weighted by Crippen LogP contribution is 2.48. The fourth-order valence-corrected chi connectivity index (χ4v) is 8.08. The van der Waals surface area contributed by atoms with Crippen LogP contribution in [0.1, 0.15) is 78.1 Å². The number of hydrogen-bond donors (Lipinski definition) is 3. The van der Waals surface area contributed by atoms with E-state index in [4.69, 9.17) is 16.1 Å². The highest BCUT2D eigenvalue weighted by Gasteiger charge is 2.58. The molecule has 1 unspecified atom stereocenters. The summed E-state index contributed by atoms with van der Waals surface area (Å²) in [5, 5.41) is 37.6. The molecule has 2 aromatic rings. The number of aliphatic hydroxyl groups excluding tert-OH is 3. The number of hydrogen-bond acceptors (Lipinski definition) is 11. The third-order valence-corrected chi connectivity index (χ3v) is 11.5. The van der Waals surface area contributed by atoms with Gasteiger partial charge in [-0.15, -0.1) is 35.0 Å². The number of esters is 1. The SMILES string of the molecule is C#C[C@H]1CCC[C@]2(C)[C@H](C[C@@H](/C(C)=C/c3csc(-c4nc(C)cs4)n3)OC(=O)C[C@H](O)C(C)(C)C(=O)[C@H](C)[C@H]1O)N2CCO. The predicted molar refractivity (Wildman–Crippen MR) is 173 cm³/mol. The smallest absolute Gasteiger partial charge is 0.309 e. The molecule has 0 radical (unpaired) electrons. The molecule has 2 aromatic heterocycles. The van der Waals surface area contributed by atoms with Crippen LogP contribution in [0.15, 0.2) is 16.3 Å². The van der Waals surface area contributed by atoms with Gasteiger partial charge in [0.05, 0.1) is 36.3 Å². The van der Waals surface area contributed by atoms with Gasteiger partial charge in [0.1, 0.15) is 11.9 Å². The number of ether oxygens (including phenoxy) is 1. The zero-order valence-electron chi connectivity index (χ0n) is 26.4. The van der Waals surface area contributed by atoms with Crippen molar-refractivity contribution in [3.05, 3.63) is 27.7 Å². The van der Waals surface area contributed by atoms with Gasteiger partial charge in [0.25, 0.3) is 0 Å². The Morgan fingerprint density at radius 2 is 1.89 bits per heavy atom. The lowest BCUT2D eigenvalue weighted by Crippen LogP contribution is -2.46. The molecule has 0 amide bonds. The quantitative estimate of drug-likeness (QED) is 0.245. The maximum absolute atomic E-state index is 13.5. The van der Waals surface area contributed by atoms with Crippen molar-refractivity contribution in [2.24, 2.45) is 17.3 Å². The molecule has 0 spiro atoms. The first-order valence-corrected chi connectivity index (χ1v) is 17.0. The Kier molecular flexibility index (Phi) is 10.9. The van der Waals surface area contributed by atoms with Crippen LogP contribution in [0.5, 0.6) is 0 Å². The van der Waals surface area contributed by atoms with Gasteiger partial charge >= 0.3 is 5.97 Å². The van der Waals surface area contributed by atoms with Crippen LogP contribution in [-0.4, -0.2) is 85.0 Å². The number of aryl methyl sites for hydroxylation is 1. The molecule has 8 atom stereocenters. The summed E-state index contributed by atoms with van der Waals surface area (Å²) in [6.07, 6.45) is 6.85. The normalized spacial score (nSPS) is 33.7. The van der Waals surface area contributed by atoms with E-state index in [1.165, 1.54) is 11.3 Å². The van der Waals surface area contributed by atoms with Gasteiger partial charge in [0, 0.05) is 52.8 Å². The van der Waals surface area contributed by atoms with Gasteiger partial charge in [0.15, 0.2) is 10.0 Å². The third-order valence-electron chi connectivity index (χ3n) is 9.52.